The number of nitriles is 2. The summed E-state index contributed by atoms with van der Waals surface area (Å²) >= 11 is 0. The molecule has 0 saturated carbocycles. The van der Waals surface area contributed by atoms with Crippen molar-refractivity contribution in [3.63, 3.8) is 0 Å². The van der Waals surface area contributed by atoms with E-state index in [1.165, 1.54) is 0 Å². The molecule has 5 heterocycles. The first-order chi connectivity index (χ1) is 28.6. The number of aromatic nitrogens is 5. The van der Waals surface area contributed by atoms with E-state index in [1.807, 2.05) is 73.1 Å². The monoisotopic (exact) mass is 739 g/mol. The van der Waals surface area contributed by atoms with Crippen LogP contribution < -0.4 is 0 Å². The van der Waals surface area contributed by atoms with Crippen LogP contribution in [0.1, 0.15) is 11.1 Å². The summed E-state index contributed by atoms with van der Waals surface area (Å²) in [5.74, 6) is 0. The molecule has 0 saturated heterocycles. The molecule has 0 fully saturated rings. The molecule has 0 spiro atoms. The lowest BCUT2D eigenvalue weighted by molar-refractivity contribution is 1.27. The summed E-state index contributed by atoms with van der Waals surface area (Å²) < 4.78 is 0. The van der Waals surface area contributed by atoms with Gasteiger partial charge in [-0.15, -0.1) is 0 Å². The Morgan fingerprint density at radius 1 is 0.345 bits per heavy atom. The minimum Gasteiger partial charge on any atom is -0.265 e. The van der Waals surface area contributed by atoms with Gasteiger partial charge in [0.15, 0.2) is 0 Å². The number of hydrogen-bond acceptors (Lipinski definition) is 7. The average molecular weight is 740 g/mol. The van der Waals surface area contributed by atoms with Gasteiger partial charge in [-0.05, 0) is 129 Å². The highest BCUT2D eigenvalue weighted by molar-refractivity contribution is 6.22. The lowest BCUT2D eigenvalue weighted by atomic mass is 9.89. The molecule has 7 heteroatoms. The Hall–Kier alpha value is -8.39. The molecule has 0 N–H and O–H groups in total. The summed E-state index contributed by atoms with van der Waals surface area (Å²) in [5.41, 5.74) is 14.4. The van der Waals surface area contributed by atoms with Crippen LogP contribution >= 0.6 is 0 Å². The van der Waals surface area contributed by atoms with Crippen molar-refractivity contribution in [1.29, 1.82) is 10.5 Å². The Labute approximate surface area is 333 Å². The second-order valence-corrected chi connectivity index (χ2v) is 14.0. The van der Waals surface area contributed by atoms with E-state index < -0.39 is 0 Å². The zero-order valence-electron chi connectivity index (χ0n) is 30.9. The van der Waals surface area contributed by atoms with Crippen LogP contribution in [0.3, 0.4) is 0 Å². The van der Waals surface area contributed by atoms with Gasteiger partial charge in [-0.1, -0.05) is 54.6 Å². The van der Waals surface area contributed by atoms with E-state index in [1.54, 1.807) is 30.9 Å². The minimum absolute atomic E-state index is 0.456. The van der Waals surface area contributed by atoms with Crippen LogP contribution in [0.5, 0.6) is 0 Å². The highest BCUT2D eigenvalue weighted by atomic mass is 14.7. The molecule has 7 nitrogen and oxygen atoms in total. The van der Waals surface area contributed by atoms with Crippen LogP contribution in [-0.2, 0) is 0 Å². The molecule has 10 rings (SSSR count). The largest absolute Gasteiger partial charge is 0.265 e. The van der Waals surface area contributed by atoms with Gasteiger partial charge < -0.3 is 0 Å². The second-order valence-electron chi connectivity index (χ2n) is 14.0. The van der Waals surface area contributed by atoms with Gasteiger partial charge in [-0.2, -0.15) is 10.5 Å². The quantitative estimate of drug-likeness (QED) is 0.156. The van der Waals surface area contributed by atoms with Gasteiger partial charge in [0.1, 0.15) is 0 Å². The molecule has 0 bridgehead atoms. The molecule has 10 aromatic rings. The molecule has 0 unspecified atom stereocenters. The van der Waals surface area contributed by atoms with Gasteiger partial charge in [0.2, 0.25) is 0 Å². The molecule has 268 valence electrons. The van der Waals surface area contributed by atoms with E-state index in [0.717, 1.165) is 99.6 Å². The molecule has 5 aromatic carbocycles. The number of fused-ring (bicyclic) bond motifs is 5. The summed E-state index contributed by atoms with van der Waals surface area (Å²) in [7, 11) is 0. The lowest BCUT2D eigenvalue weighted by Crippen LogP contribution is -1.93. The Balaban J connectivity index is 1.12. The van der Waals surface area contributed by atoms with E-state index in [-0.39, 0.29) is 0 Å². The van der Waals surface area contributed by atoms with Gasteiger partial charge >= 0.3 is 0 Å². The molecular weight excluding hydrogens is 711 g/mol. The lowest BCUT2D eigenvalue weighted by Gasteiger charge is -2.16. The average Bonchev–Trinajstić information content (AvgIpc) is 3.31. The third-order valence-corrected chi connectivity index (χ3v) is 10.6. The van der Waals surface area contributed by atoms with Gasteiger partial charge in [0.25, 0.3) is 0 Å². The Kier molecular flexibility index (Phi) is 8.45. The number of hydrogen-bond donors (Lipinski definition) is 0. The summed E-state index contributed by atoms with van der Waals surface area (Å²) in [6.07, 6.45) is 10.8. The van der Waals surface area contributed by atoms with Crippen LogP contribution in [0.25, 0.3) is 99.6 Å². The number of pyridine rings is 5. The van der Waals surface area contributed by atoms with Gasteiger partial charge in [-0.25, -0.2) is 4.98 Å². The predicted molar refractivity (Wildman–Crippen MR) is 230 cm³/mol. The van der Waals surface area contributed by atoms with Crippen molar-refractivity contribution in [2.75, 3.05) is 0 Å². The van der Waals surface area contributed by atoms with Crippen molar-refractivity contribution in [3.05, 3.63) is 188 Å². The van der Waals surface area contributed by atoms with Crippen LogP contribution in [0, 0.1) is 22.7 Å². The maximum atomic E-state index is 9.54. The molecule has 0 radical (unpaired) electrons. The van der Waals surface area contributed by atoms with Crippen molar-refractivity contribution in [1.82, 2.24) is 24.9 Å². The molecule has 0 amide bonds. The first-order valence-electron chi connectivity index (χ1n) is 18.7. The van der Waals surface area contributed by atoms with Crippen LogP contribution in [-0.4, -0.2) is 24.9 Å². The van der Waals surface area contributed by atoms with Crippen LogP contribution in [0.4, 0.5) is 0 Å². The molecule has 5 aromatic heterocycles. The third-order valence-electron chi connectivity index (χ3n) is 10.6. The summed E-state index contributed by atoms with van der Waals surface area (Å²) in [6.45, 7) is 0. The van der Waals surface area contributed by atoms with Crippen molar-refractivity contribution >= 4 is 32.6 Å². The fourth-order valence-corrected chi connectivity index (χ4v) is 7.81. The molecule has 0 aliphatic rings. The first-order valence-corrected chi connectivity index (χ1v) is 18.7. The van der Waals surface area contributed by atoms with E-state index in [4.69, 9.17) is 15.0 Å². The third kappa shape index (κ3) is 6.16. The van der Waals surface area contributed by atoms with Gasteiger partial charge in [-0.3, -0.25) is 19.9 Å². The normalized spacial score (nSPS) is 11.1. The maximum Gasteiger partial charge on any atom is 0.0992 e. The Morgan fingerprint density at radius 3 is 1.40 bits per heavy atom. The van der Waals surface area contributed by atoms with E-state index >= 15 is 0 Å². The Bertz CT molecular complexity index is 3200. The molecule has 58 heavy (non-hydrogen) atoms. The van der Waals surface area contributed by atoms with Crippen molar-refractivity contribution in [3.8, 4) is 79.2 Å². The fourth-order valence-electron chi connectivity index (χ4n) is 7.81. The second kappa shape index (κ2) is 14.4. The topological polar surface area (TPSA) is 112 Å². The van der Waals surface area contributed by atoms with Crippen molar-refractivity contribution in [2.45, 2.75) is 0 Å². The van der Waals surface area contributed by atoms with E-state index in [2.05, 4.69) is 94.9 Å². The molecule has 0 aliphatic heterocycles. The highest BCUT2D eigenvalue weighted by Crippen LogP contribution is 2.42. The van der Waals surface area contributed by atoms with Crippen molar-refractivity contribution in [2.24, 2.45) is 0 Å². The standard InChI is InChI=1S/C51H29N7/c52-30-32-22-33(31-53)24-40(23-32)34-8-10-35(11-9-34)44-28-46-43-7-3-17-57-51(43)45(29-47(46)42-6-2-16-56-50(42)44)39-5-1-4-38(25-39)41-26-48(36-12-18-54-19-13-36)58-49(27-41)37-14-20-55-21-15-37/h1-29H. The summed E-state index contributed by atoms with van der Waals surface area (Å²) in [6, 6.07) is 51.4. The zero-order valence-corrected chi connectivity index (χ0v) is 30.9. The van der Waals surface area contributed by atoms with Crippen LogP contribution in [0.15, 0.2) is 177 Å². The number of rotatable bonds is 6. The Morgan fingerprint density at radius 2 is 0.845 bits per heavy atom. The highest BCUT2D eigenvalue weighted by Gasteiger charge is 2.17. The van der Waals surface area contributed by atoms with Gasteiger partial charge in [0.05, 0.1) is 45.7 Å². The smallest absolute Gasteiger partial charge is 0.0992 e. The predicted octanol–water partition coefficient (Wildman–Crippen LogP) is 11.9. The number of benzene rings is 5. The first kappa shape index (κ1) is 34.1. The van der Waals surface area contributed by atoms with E-state index in [9.17, 15) is 10.5 Å². The molecular formula is C51H29N7. The zero-order chi connectivity index (χ0) is 39.0. The maximum absolute atomic E-state index is 9.54. The van der Waals surface area contributed by atoms with Crippen molar-refractivity contribution < 1.29 is 0 Å². The molecule has 0 atom stereocenters. The van der Waals surface area contributed by atoms with Crippen LogP contribution in [0.2, 0.25) is 0 Å². The fraction of sp³-hybridized carbons (Fsp3) is 0. The molecule has 0 aliphatic carbocycles. The SMILES string of the molecule is N#Cc1cc(C#N)cc(-c2ccc(-c3cc4c5cccnc5c(-c5cccc(-c6cc(-c7ccncc7)nc(-c7ccncc7)c6)c5)cc4c4cccnc34)cc2)c1. The van der Waals surface area contributed by atoms with Gasteiger partial charge in [0, 0.05) is 70.2 Å². The minimum atomic E-state index is 0.456. The number of nitrogens with zero attached hydrogens (tertiary/aromatic N) is 7. The summed E-state index contributed by atoms with van der Waals surface area (Å²) in [4.78, 5) is 23.4. The van der Waals surface area contributed by atoms with E-state index in [0.29, 0.717) is 11.1 Å². The summed E-state index contributed by atoms with van der Waals surface area (Å²) in [5, 5.41) is 23.3.